The molecule has 0 saturated carbocycles. The number of nitrogens with zero attached hydrogens (tertiary/aromatic N) is 1. The van der Waals surface area contributed by atoms with E-state index in [9.17, 15) is 8.42 Å². The molecule has 0 bridgehead atoms. The number of sulfonamides is 1. The van der Waals surface area contributed by atoms with Gasteiger partial charge in [0.25, 0.3) is 0 Å². The van der Waals surface area contributed by atoms with Crippen molar-refractivity contribution >= 4 is 27.3 Å². The third kappa shape index (κ3) is 3.75. The highest BCUT2D eigenvalue weighted by Gasteiger charge is 2.21. The molecule has 2 N–H and O–H groups in total. The predicted octanol–water partition coefficient (Wildman–Crippen LogP) is 3.05. The number of benzene rings is 2. The molecule has 0 aliphatic carbocycles. The first-order valence-electron chi connectivity index (χ1n) is 6.37. The average molecular weight is 325 g/mol. The highest BCUT2D eigenvalue weighted by Crippen LogP contribution is 2.21. The van der Waals surface area contributed by atoms with Crippen molar-refractivity contribution in [3.63, 3.8) is 0 Å². The van der Waals surface area contributed by atoms with E-state index < -0.39 is 10.0 Å². The lowest BCUT2D eigenvalue weighted by atomic mass is 10.2. The van der Waals surface area contributed by atoms with Gasteiger partial charge in [-0.25, -0.2) is 8.42 Å². The van der Waals surface area contributed by atoms with Crippen molar-refractivity contribution in [3.8, 4) is 0 Å². The van der Waals surface area contributed by atoms with E-state index in [2.05, 4.69) is 0 Å². The Morgan fingerprint density at radius 3 is 2.52 bits per heavy atom. The fraction of sp³-hybridized carbons (Fsp3) is 0.200. The summed E-state index contributed by atoms with van der Waals surface area (Å²) in [5, 5.41) is 0.582. The number of nitrogens with two attached hydrogens (primary N) is 1. The zero-order chi connectivity index (χ0) is 15.6. The summed E-state index contributed by atoms with van der Waals surface area (Å²) in [6.45, 7) is 2.06. The summed E-state index contributed by atoms with van der Waals surface area (Å²) < 4.78 is 26.4. The standard InChI is InChI=1S/C15H17ClN2O2S/c1-11-6-14(17)9-15(7-11)21(19,20)18(2)10-12-4-3-5-13(16)8-12/h3-9H,10,17H2,1-2H3. The van der Waals surface area contributed by atoms with E-state index in [1.165, 1.54) is 17.4 Å². The number of aryl methyl sites for hydroxylation is 1. The van der Waals surface area contributed by atoms with Crippen LogP contribution in [0.5, 0.6) is 0 Å². The second kappa shape index (κ2) is 6.05. The molecule has 0 radical (unpaired) electrons. The molecule has 0 aromatic heterocycles. The Morgan fingerprint density at radius 2 is 1.90 bits per heavy atom. The van der Waals surface area contributed by atoms with Gasteiger partial charge in [-0.15, -0.1) is 0 Å². The van der Waals surface area contributed by atoms with Crippen molar-refractivity contribution in [2.45, 2.75) is 18.4 Å². The highest BCUT2D eigenvalue weighted by molar-refractivity contribution is 7.89. The first kappa shape index (κ1) is 15.8. The van der Waals surface area contributed by atoms with Crippen LogP contribution in [-0.4, -0.2) is 19.8 Å². The summed E-state index contributed by atoms with van der Waals surface area (Å²) in [4.78, 5) is 0.199. The predicted molar refractivity (Wildman–Crippen MR) is 85.7 cm³/mol. The minimum Gasteiger partial charge on any atom is -0.399 e. The molecule has 2 aromatic rings. The van der Waals surface area contributed by atoms with Crippen LogP contribution in [0.2, 0.25) is 5.02 Å². The Labute approximate surface area is 130 Å². The number of halogens is 1. The maximum atomic E-state index is 12.6. The smallest absolute Gasteiger partial charge is 0.243 e. The summed E-state index contributed by atoms with van der Waals surface area (Å²) >= 11 is 5.92. The van der Waals surface area contributed by atoms with Gasteiger partial charge in [-0.05, 0) is 48.4 Å². The van der Waals surface area contributed by atoms with Crippen LogP contribution in [0.15, 0.2) is 47.4 Å². The molecule has 4 nitrogen and oxygen atoms in total. The van der Waals surface area contributed by atoms with Crippen LogP contribution in [0, 0.1) is 6.92 Å². The number of nitrogen functional groups attached to an aromatic ring is 1. The lowest BCUT2D eigenvalue weighted by molar-refractivity contribution is 0.466. The fourth-order valence-electron chi connectivity index (χ4n) is 2.08. The minimum atomic E-state index is -3.58. The van der Waals surface area contributed by atoms with E-state index in [1.807, 2.05) is 13.0 Å². The van der Waals surface area contributed by atoms with Crippen LogP contribution in [0.25, 0.3) is 0 Å². The largest absolute Gasteiger partial charge is 0.399 e. The fourth-order valence-corrected chi connectivity index (χ4v) is 3.59. The first-order valence-corrected chi connectivity index (χ1v) is 8.19. The van der Waals surface area contributed by atoms with Crippen molar-refractivity contribution in [2.75, 3.05) is 12.8 Å². The monoisotopic (exact) mass is 324 g/mol. The van der Waals surface area contributed by atoms with Crippen molar-refractivity contribution < 1.29 is 8.42 Å². The van der Waals surface area contributed by atoms with E-state index >= 15 is 0 Å². The van der Waals surface area contributed by atoms with E-state index in [-0.39, 0.29) is 11.4 Å². The second-order valence-corrected chi connectivity index (χ2v) is 7.45. The molecule has 2 aromatic carbocycles. The van der Waals surface area contributed by atoms with Crippen LogP contribution in [0.1, 0.15) is 11.1 Å². The summed E-state index contributed by atoms with van der Waals surface area (Å²) in [5.74, 6) is 0. The van der Waals surface area contributed by atoms with Gasteiger partial charge in [-0.2, -0.15) is 4.31 Å². The zero-order valence-corrected chi connectivity index (χ0v) is 13.4. The van der Waals surface area contributed by atoms with Gasteiger partial charge in [-0.1, -0.05) is 23.7 Å². The second-order valence-electron chi connectivity index (χ2n) is 4.97. The Bertz CT molecular complexity index is 740. The number of hydrogen-bond acceptors (Lipinski definition) is 3. The van der Waals surface area contributed by atoms with Crippen molar-refractivity contribution in [3.05, 3.63) is 58.6 Å². The van der Waals surface area contributed by atoms with E-state index in [1.54, 1.807) is 30.3 Å². The van der Waals surface area contributed by atoms with Crippen molar-refractivity contribution in [1.29, 1.82) is 0 Å². The SMILES string of the molecule is Cc1cc(N)cc(S(=O)(=O)N(C)Cc2cccc(Cl)c2)c1. The van der Waals surface area contributed by atoms with Gasteiger partial charge < -0.3 is 5.73 Å². The van der Waals surface area contributed by atoms with Gasteiger partial charge in [0.2, 0.25) is 10.0 Å². The number of rotatable bonds is 4. The molecule has 0 saturated heterocycles. The van der Waals surface area contributed by atoms with Crippen LogP contribution in [-0.2, 0) is 16.6 Å². The van der Waals surface area contributed by atoms with Gasteiger partial charge >= 0.3 is 0 Å². The summed E-state index contributed by atoms with van der Waals surface area (Å²) in [6, 6.07) is 11.9. The molecule has 2 rings (SSSR count). The molecule has 112 valence electrons. The third-order valence-corrected chi connectivity index (χ3v) is 5.09. The van der Waals surface area contributed by atoms with E-state index in [0.717, 1.165) is 11.1 Å². The molecule has 0 unspecified atom stereocenters. The molecule has 0 amide bonds. The first-order chi connectivity index (χ1) is 9.79. The van der Waals surface area contributed by atoms with Crippen molar-refractivity contribution in [2.24, 2.45) is 0 Å². The van der Waals surface area contributed by atoms with Crippen LogP contribution >= 0.6 is 11.6 Å². The van der Waals surface area contributed by atoms with Gasteiger partial charge in [0, 0.05) is 24.3 Å². The van der Waals surface area contributed by atoms with Crippen LogP contribution in [0.4, 0.5) is 5.69 Å². The normalized spacial score (nSPS) is 11.8. The molecule has 6 heteroatoms. The molecule has 0 atom stereocenters. The third-order valence-electron chi connectivity index (χ3n) is 3.08. The molecule has 0 aliphatic heterocycles. The zero-order valence-electron chi connectivity index (χ0n) is 11.9. The molecular formula is C15H17ClN2O2S. The Morgan fingerprint density at radius 1 is 1.19 bits per heavy atom. The van der Waals surface area contributed by atoms with Crippen molar-refractivity contribution in [1.82, 2.24) is 4.31 Å². The maximum absolute atomic E-state index is 12.6. The number of hydrogen-bond donors (Lipinski definition) is 1. The van der Waals surface area contributed by atoms with Gasteiger partial charge in [0.05, 0.1) is 4.90 Å². The molecule has 0 spiro atoms. The summed E-state index contributed by atoms with van der Waals surface area (Å²) in [5.41, 5.74) is 7.80. The summed E-state index contributed by atoms with van der Waals surface area (Å²) in [7, 11) is -2.05. The molecule has 0 fully saturated rings. The Hall–Kier alpha value is -1.56. The Kier molecular flexibility index (Phi) is 4.56. The molecule has 0 aliphatic rings. The molecular weight excluding hydrogens is 308 g/mol. The highest BCUT2D eigenvalue weighted by atomic mass is 35.5. The lowest BCUT2D eigenvalue weighted by Crippen LogP contribution is -2.26. The number of anilines is 1. The maximum Gasteiger partial charge on any atom is 0.243 e. The van der Waals surface area contributed by atoms with Gasteiger partial charge in [0.1, 0.15) is 0 Å². The lowest BCUT2D eigenvalue weighted by Gasteiger charge is -2.18. The van der Waals surface area contributed by atoms with Crippen LogP contribution in [0.3, 0.4) is 0 Å². The van der Waals surface area contributed by atoms with Gasteiger partial charge in [0.15, 0.2) is 0 Å². The van der Waals surface area contributed by atoms with Gasteiger partial charge in [-0.3, -0.25) is 0 Å². The minimum absolute atomic E-state index is 0.199. The Balaban J connectivity index is 2.30. The van der Waals surface area contributed by atoms with E-state index in [4.69, 9.17) is 17.3 Å². The van der Waals surface area contributed by atoms with E-state index in [0.29, 0.717) is 10.7 Å². The molecule has 0 heterocycles. The van der Waals surface area contributed by atoms with Crippen LogP contribution < -0.4 is 5.73 Å². The average Bonchev–Trinajstić information content (AvgIpc) is 2.37. The topological polar surface area (TPSA) is 63.4 Å². The quantitative estimate of drug-likeness (QED) is 0.879. The summed E-state index contributed by atoms with van der Waals surface area (Å²) in [6.07, 6.45) is 0. The molecule has 21 heavy (non-hydrogen) atoms.